The highest BCUT2D eigenvalue weighted by atomic mass is 16.5. The van der Waals surface area contributed by atoms with Gasteiger partial charge >= 0.3 is 0 Å². The molecule has 1 aromatic rings. The summed E-state index contributed by atoms with van der Waals surface area (Å²) in [6.45, 7) is 13.4. The maximum absolute atomic E-state index is 5.80. The molecule has 2 aliphatic rings. The molecule has 2 saturated heterocycles. The Morgan fingerprint density at radius 3 is 2.35 bits per heavy atom. The third kappa shape index (κ3) is 4.90. The Morgan fingerprint density at radius 1 is 1.00 bits per heavy atom. The summed E-state index contributed by atoms with van der Waals surface area (Å²) in [4.78, 5) is 12.0. The molecule has 0 bridgehead atoms. The van der Waals surface area contributed by atoms with E-state index in [0.29, 0.717) is 12.2 Å². The van der Waals surface area contributed by atoms with Crippen LogP contribution in [0.5, 0.6) is 0 Å². The highest BCUT2D eigenvalue weighted by Crippen LogP contribution is 2.14. The molecular formula is C18H30N4O. The quantitative estimate of drug-likeness (QED) is 0.825. The monoisotopic (exact) mass is 318 g/mol. The zero-order valence-electron chi connectivity index (χ0n) is 14.5. The number of hydrogen-bond acceptors (Lipinski definition) is 5. The molecule has 3 heterocycles. The van der Waals surface area contributed by atoms with Gasteiger partial charge in [-0.25, -0.2) is 4.98 Å². The van der Waals surface area contributed by atoms with Crippen LogP contribution in [0.25, 0.3) is 0 Å². The van der Waals surface area contributed by atoms with Crippen LogP contribution >= 0.6 is 0 Å². The van der Waals surface area contributed by atoms with Crippen molar-refractivity contribution in [2.24, 2.45) is 0 Å². The van der Waals surface area contributed by atoms with Crippen molar-refractivity contribution >= 4 is 5.82 Å². The van der Waals surface area contributed by atoms with Crippen LogP contribution in [0, 0.1) is 0 Å². The molecule has 23 heavy (non-hydrogen) atoms. The molecule has 128 valence electrons. The van der Waals surface area contributed by atoms with Gasteiger partial charge in [-0.05, 0) is 45.5 Å². The predicted octanol–water partition coefficient (Wildman–Crippen LogP) is 1.70. The predicted molar refractivity (Wildman–Crippen MR) is 94.0 cm³/mol. The largest absolute Gasteiger partial charge is 0.373 e. The van der Waals surface area contributed by atoms with Gasteiger partial charge in [0.15, 0.2) is 0 Å². The van der Waals surface area contributed by atoms with Crippen molar-refractivity contribution in [1.29, 1.82) is 0 Å². The molecule has 0 aromatic carbocycles. The number of nitrogens with zero attached hydrogens (tertiary/aromatic N) is 4. The number of anilines is 1. The summed E-state index contributed by atoms with van der Waals surface area (Å²) in [7, 11) is 0. The van der Waals surface area contributed by atoms with E-state index in [1.807, 2.05) is 12.3 Å². The third-order valence-corrected chi connectivity index (χ3v) is 4.79. The highest BCUT2D eigenvalue weighted by Gasteiger charge is 2.22. The number of piperazine rings is 1. The van der Waals surface area contributed by atoms with E-state index in [2.05, 4.69) is 45.7 Å². The molecule has 5 nitrogen and oxygen atoms in total. The van der Waals surface area contributed by atoms with Crippen LogP contribution in [0.2, 0.25) is 0 Å². The van der Waals surface area contributed by atoms with E-state index in [9.17, 15) is 0 Å². The Hall–Kier alpha value is -1.17. The van der Waals surface area contributed by atoms with Crippen molar-refractivity contribution in [2.45, 2.75) is 32.5 Å². The summed E-state index contributed by atoms with van der Waals surface area (Å²) in [5.74, 6) is 1.11. The number of pyridine rings is 1. The summed E-state index contributed by atoms with van der Waals surface area (Å²) in [6, 6.07) is 6.16. The second kappa shape index (κ2) is 8.08. The van der Waals surface area contributed by atoms with Crippen molar-refractivity contribution in [2.75, 3.05) is 57.3 Å². The van der Waals surface area contributed by atoms with Gasteiger partial charge in [-0.3, -0.25) is 9.80 Å². The second-order valence-electron chi connectivity index (χ2n) is 6.89. The molecule has 0 N–H and O–H groups in total. The van der Waals surface area contributed by atoms with Crippen LogP contribution in [0.15, 0.2) is 24.4 Å². The van der Waals surface area contributed by atoms with Crippen LogP contribution in [-0.2, 0) is 4.74 Å². The van der Waals surface area contributed by atoms with Gasteiger partial charge in [-0.2, -0.15) is 0 Å². The Balaban J connectivity index is 1.35. The molecule has 2 fully saturated rings. The van der Waals surface area contributed by atoms with E-state index in [1.165, 1.54) is 19.5 Å². The van der Waals surface area contributed by atoms with Gasteiger partial charge < -0.3 is 9.64 Å². The molecule has 5 heteroatoms. The number of rotatable bonds is 5. The van der Waals surface area contributed by atoms with E-state index >= 15 is 0 Å². The maximum Gasteiger partial charge on any atom is 0.128 e. The third-order valence-electron chi connectivity index (χ3n) is 4.79. The van der Waals surface area contributed by atoms with Crippen molar-refractivity contribution in [3.8, 4) is 0 Å². The van der Waals surface area contributed by atoms with Crippen molar-refractivity contribution in [3.05, 3.63) is 24.4 Å². The maximum atomic E-state index is 5.80. The van der Waals surface area contributed by atoms with Gasteiger partial charge in [0.05, 0.1) is 12.2 Å². The normalized spacial score (nSPS) is 27.3. The molecule has 2 unspecified atom stereocenters. The summed E-state index contributed by atoms with van der Waals surface area (Å²) in [6.07, 6.45) is 3.89. The average Bonchev–Trinajstić information content (AvgIpc) is 2.55. The number of hydrogen-bond donors (Lipinski definition) is 0. The molecule has 0 saturated carbocycles. The summed E-state index contributed by atoms with van der Waals surface area (Å²) >= 11 is 0. The van der Waals surface area contributed by atoms with Gasteiger partial charge in [0, 0.05) is 45.5 Å². The zero-order chi connectivity index (χ0) is 16.1. The standard InChI is InChI=1S/C18H30N4O/c1-16-14-21(15-17(2)23-16)9-5-8-20-10-12-22(13-11-20)18-6-3-4-7-19-18/h3-4,6-7,16-17H,5,8-15H2,1-2H3. The average molecular weight is 318 g/mol. The lowest BCUT2D eigenvalue weighted by atomic mass is 10.2. The molecule has 2 aliphatic heterocycles. The van der Waals surface area contributed by atoms with Gasteiger partial charge in [0.25, 0.3) is 0 Å². The van der Waals surface area contributed by atoms with Gasteiger partial charge in [-0.15, -0.1) is 0 Å². The lowest BCUT2D eigenvalue weighted by Crippen LogP contribution is -2.48. The zero-order valence-corrected chi connectivity index (χ0v) is 14.5. The van der Waals surface area contributed by atoms with Gasteiger partial charge in [0.2, 0.25) is 0 Å². The molecular weight excluding hydrogens is 288 g/mol. The topological polar surface area (TPSA) is 31.8 Å². The highest BCUT2D eigenvalue weighted by molar-refractivity contribution is 5.38. The molecule has 3 rings (SSSR count). The SMILES string of the molecule is CC1CN(CCCN2CCN(c3ccccn3)CC2)CC(C)O1. The van der Waals surface area contributed by atoms with E-state index in [1.54, 1.807) is 0 Å². The first kappa shape index (κ1) is 16.7. The Morgan fingerprint density at radius 2 is 1.70 bits per heavy atom. The summed E-state index contributed by atoms with van der Waals surface area (Å²) < 4.78 is 5.80. The minimum Gasteiger partial charge on any atom is -0.373 e. The minimum absolute atomic E-state index is 0.376. The van der Waals surface area contributed by atoms with Crippen molar-refractivity contribution < 1.29 is 4.74 Å². The lowest BCUT2D eigenvalue weighted by Gasteiger charge is -2.37. The van der Waals surface area contributed by atoms with Gasteiger partial charge in [0.1, 0.15) is 5.82 Å². The van der Waals surface area contributed by atoms with Crippen molar-refractivity contribution in [1.82, 2.24) is 14.8 Å². The molecule has 1 aromatic heterocycles. The fourth-order valence-electron chi connectivity index (χ4n) is 3.73. The minimum atomic E-state index is 0.376. The molecule has 0 amide bonds. The summed E-state index contributed by atoms with van der Waals surface area (Å²) in [5.41, 5.74) is 0. The molecule has 0 aliphatic carbocycles. The van der Waals surface area contributed by atoms with Crippen molar-refractivity contribution in [3.63, 3.8) is 0 Å². The number of ether oxygens (including phenoxy) is 1. The Kier molecular flexibility index (Phi) is 5.86. The molecule has 2 atom stereocenters. The Labute approximate surface area is 140 Å². The first-order valence-electron chi connectivity index (χ1n) is 8.97. The molecule has 0 radical (unpaired) electrons. The Bertz CT molecular complexity index is 451. The fourth-order valence-corrected chi connectivity index (χ4v) is 3.73. The van der Waals surface area contributed by atoms with E-state index in [0.717, 1.165) is 45.1 Å². The first-order valence-corrected chi connectivity index (χ1v) is 8.97. The smallest absolute Gasteiger partial charge is 0.128 e. The number of morpholine rings is 1. The van der Waals surface area contributed by atoms with E-state index < -0.39 is 0 Å². The lowest BCUT2D eigenvalue weighted by molar-refractivity contribution is -0.0684. The van der Waals surface area contributed by atoms with Crippen LogP contribution in [0.3, 0.4) is 0 Å². The van der Waals surface area contributed by atoms with E-state index in [-0.39, 0.29) is 0 Å². The number of aromatic nitrogens is 1. The van der Waals surface area contributed by atoms with Crippen LogP contribution in [-0.4, -0.2) is 79.3 Å². The molecule has 0 spiro atoms. The van der Waals surface area contributed by atoms with Crippen LogP contribution in [0.4, 0.5) is 5.82 Å². The van der Waals surface area contributed by atoms with Crippen LogP contribution in [0.1, 0.15) is 20.3 Å². The summed E-state index contributed by atoms with van der Waals surface area (Å²) in [5, 5.41) is 0. The van der Waals surface area contributed by atoms with E-state index in [4.69, 9.17) is 4.74 Å². The second-order valence-corrected chi connectivity index (χ2v) is 6.89. The van der Waals surface area contributed by atoms with Crippen LogP contribution < -0.4 is 4.90 Å². The first-order chi connectivity index (χ1) is 11.2. The fraction of sp³-hybridized carbons (Fsp3) is 0.722. The van der Waals surface area contributed by atoms with Gasteiger partial charge in [-0.1, -0.05) is 6.07 Å².